The number of hydrogen-bond donors (Lipinski definition) is 0. The Morgan fingerprint density at radius 3 is 1.17 bits per heavy atom. The Balaban J connectivity index is 2.69. The van der Waals surface area contributed by atoms with Crippen molar-refractivity contribution in [2.75, 3.05) is 14.2 Å². The normalized spacial score (nSPS) is 12.3. The van der Waals surface area contributed by atoms with E-state index in [1.807, 2.05) is 50.5 Å². The highest BCUT2D eigenvalue weighted by Crippen LogP contribution is 2.22. The van der Waals surface area contributed by atoms with E-state index in [1.165, 1.54) is 0 Å². The third kappa shape index (κ3) is 4.81. The van der Waals surface area contributed by atoms with Crippen molar-refractivity contribution < 1.29 is 17.7 Å². The van der Waals surface area contributed by atoms with Gasteiger partial charge in [0.15, 0.2) is 0 Å². The quantitative estimate of drug-likeness (QED) is 0.753. The first-order chi connectivity index (χ1) is 8.28. The summed E-state index contributed by atoms with van der Waals surface area (Å²) in [4.78, 5) is 0. The fourth-order valence-corrected chi connectivity index (χ4v) is 2.80. The first kappa shape index (κ1) is 15.2. The summed E-state index contributed by atoms with van der Waals surface area (Å²) in [7, 11) is -0.738. The molecule has 6 heteroatoms. The number of benzene rings is 1. The second-order valence-electron chi connectivity index (χ2n) is 4.88. The van der Waals surface area contributed by atoms with E-state index < -0.39 is 17.1 Å². The van der Waals surface area contributed by atoms with Gasteiger partial charge in [0.25, 0.3) is 0 Å². The van der Waals surface area contributed by atoms with Crippen molar-refractivity contribution in [2.24, 2.45) is 0 Å². The van der Waals surface area contributed by atoms with E-state index in [4.69, 9.17) is 17.7 Å². The van der Waals surface area contributed by atoms with E-state index in [9.17, 15) is 0 Å². The highest BCUT2D eigenvalue weighted by molar-refractivity contribution is 6.65. The zero-order valence-electron chi connectivity index (χ0n) is 11.9. The summed E-state index contributed by atoms with van der Waals surface area (Å²) < 4.78 is 22.3. The molecule has 0 aromatic heterocycles. The molecule has 18 heavy (non-hydrogen) atoms. The molecule has 0 aliphatic rings. The fourth-order valence-electron chi connectivity index (χ4n) is 1.23. The Bertz CT molecular complexity index is 339. The zero-order chi connectivity index (χ0) is 13.8. The summed E-state index contributed by atoms with van der Waals surface area (Å²) in [6.07, 6.45) is 0. The van der Waals surface area contributed by atoms with Gasteiger partial charge < -0.3 is 17.7 Å². The second kappa shape index (κ2) is 5.88. The summed E-state index contributed by atoms with van der Waals surface area (Å²) in [6, 6.07) is 7.57. The van der Waals surface area contributed by atoms with Crippen LogP contribution in [0.2, 0.25) is 26.2 Å². The van der Waals surface area contributed by atoms with Gasteiger partial charge in [-0.2, -0.15) is 0 Å². The lowest BCUT2D eigenvalue weighted by Gasteiger charge is -2.23. The first-order valence-corrected chi connectivity index (χ1v) is 11.5. The molecule has 1 aromatic rings. The number of rotatable bonds is 6. The van der Waals surface area contributed by atoms with E-state index in [-0.39, 0.29) is 0 Å². The lowest BCUT2D eigenvalue weighted by molar-refractivity contribution is 0.310. The summed E-state index contributed by atoms with van der Waals surface area (Å²) in [5.41, 5.74) is 0. The zero-order valence-corrected chi connectivity index (χ0v) is 13.9. The fraction of sp³-hybridized carbons (Fsp3) is 0.500. The van der Waals surface area contributed by atoms with Crippen LogP contribution in [0, 0.1) is 0 Å². The van der Waals surface area contributed by atoms with Crippen LogP contribution < -0.4 is 8.85 Å². The largest absolute Gasteiger partial charge is 0.520 e. The molecule has 0 saturated carbocycles. The van der Waals surface area contributed by atoms with Crippen molar-refractivity contribution in [1.29, 1.82) is 0 Å². The van der Waals surface area contributed by atoms with Gasteiger partial charge in [-0.1, -0.05) is 0 Å². The minimum absolute atomic E-state index is 0.803. The molecule has 0 heterocycles. The summed E-state index contributed by atoms with van der Waals surface area (Å²) in [5.74, 6) is 1.61. The van der Waals surface area contributed by atoms with Gasteiger partial charge in [-0.3, -0.25) is 0 Å². The molecule has 0 N–H and O–H groups in total. The van der Waals surface area contributed by atoms with Crippen LogP contribution in [0.4, 0.5) is 0 Å². The van der Waals surface area contributed by atoms with Crippen LogP contribution in [0.15, 0.2) is 24.3 Å². The molecule has 0 bridgehead atoms. The van der Waals surface area contributed by atoms with E-state index in [0.717, 1.165) is 11.5 Å². The van der Waals surface area contributed by atoms with Crippen LogP contribution in [0.5, 0.6) is 11.5 Å². The predicted octanol–water partition coefficient (Wildman–Crippen LogP) is 3.14. The summed E-state index contributed by atoms with van der Waals surface area (Å²) in [5, 5.41) is 0. The minimum Gasteiger partial charge on any atom is -0.520 e. The van der Waals surface area contributed by atoms with E-state index in [1.54, 1.807) is 14.2 Å². The molecular weight excluding hydrogens is 264 g/mol. The van der Waals surface area contributed by atoms with Crippen molar-refractivity contribution in [3.63, 3.8) is 0 Å². The molecule has 0 atom stereocenters. The van der Waals surface area contributed by atoms with Crippen LogP contribution >= 0.6 is 0 Å². The molecule has 0 radical (unpaired) electrons. The molecule has 0 aliphatic heterocycles. The van der Waals surface area contributed by atoms with E-state index in [2.05, 4.69) is 0 Å². The van der Waals surface area contributed by atoms with Gasteiger partial charge in [0.2, 0.25) is 0 Å². The maximum atomic E-state index is 5.80. The van der Waals surface area contributed by atoms with Crippen LogP contribution in [-0.2, 0) is 8.85 Å². The van der Waals surface area contributed by atoms with Crippen molar-refractivity contribution in [1.82, 2.24) is 0 Å². The molecule has 0 spiro atoms. The highest BCUT2D eigenvalue weighted by atomic mass is 28.4. The monoisotopic (exact) mass is 286 g/mol. The smallest absolute Gasteiger partial charge is 0.392 e. The third-order valence-corrected chi connectivity index (χ3v) is 5.96. The van der Waals surface area contributed by atoms with Crippen LogP contribution in [0.1, 0.15) is 0 Å². The van der Waals surface area contributed by atoms with Gasteiger partial charge in [0.05, 0.1) is 0 Å². The second-order valence-corrected chi connectivity index (χ2v) is 11.7. The van der Waals surface area contributed by atoms with Gasteiger partial charge in [-0.05, 0) is 50.5 Å². The van der Waals surface area contributed by atoms with Gasteiger partial charge in [0, 0.05) is 14.2 Å². The summed E-state index contributed by atoms with van der Waals surface area (Å²) >= 11 is 0. The molecule has 0 unspecified atom stereocenters. The van der Waals surface area contributed by atoms with E-state index in [0.29, 0.717) is 0 Å². The lowest BCUT2D eigenvalue weighted by Crippen LogP contribution is -2.37. The molecule has 0 aliphatic carbocycles. The Labute approximate surface area is 111 Å². The Morgan fingerprint density at radius 2 is 0.944 bits per heavy atom. The minimum atomic E-state index is -2.05. The Morgan fingerprint density at radius 1 is 0.667 bits per heavy atom. The molecule has 0 fully saturated rings. The van der Waals surface area contributed by atoms with Crippen molar-refractivity contribution >= 4 is 17.1 Å². The highest BCUT2D eigenvalue weighted by Gasteiger charge is 2.26. The van der Waals surface area contributed by atoms with Crippen molar-refractivity contribution in [3.05, 3.63) is 24.3 Å². The summed E-state index contributed by atoms with van der Waals surface area (Å²) in [6.45, 7) is 7.99. The first-order valence-electron chi connectivity index (χ1n) is 5.86. The average molecular weight is 286 g/mol. The standard InChI is InChI=1S/C12H22O4Si2/c1-13-17(3,4)15-11-7-9-12(10-8-11)16-18(5,6)14-2/h7-10H,1-6H3. The topological polar surface area (TPSA) is 36.9 Å². The maximum Gasteiger partial charge on any atom is 0.392 e. The predicted molar refractivity (Wildman–Crippen MR) is 76.7 cm³/mol. The molecule has 0 saturated heterocycles. The van der Waals surface area contributed by atoms with Gasteiger partial charge in [-0.15, -0.1) is 0 Å². The molecule has 102 valence electrons. The average Bonchev–Trinajstić information content (AvgIpc) is 2.31. The molecule has 1 rings (SSSR count). The van der Waals surface area contributed by atoms with Gasteiger partial charge >= 0.3 is 17.1 Å². The van der Waals surface area contributed by atoms with E-state index >= 15 is 0 Å². The third-order valence-electron chi connectivity index (χ3n) is 2.53. The molecule has 0 amide bonds. The Kier molecular flexibility index (Phi) is 4.97. The molecular formula is C12H22O4Si2. The van der Waals surface area contributed by atoms with Crippen molar-refractivity contribution in [2.45, 2.75) is 26.2 Å². The molecule has 4 nitrogen and oxygen atoms in total. The maximum absolute atomic E-state index is 5.80. The lowest BCUT2D eigenvalue weighted by atomic mass is 10.3. The van der Waals surface area contributed by atoms with Gasteiger partial charge in [-0.25, -0.2) is 0 Å². The van der Waals surface area contributed by atoms with Crippen LogP contribution in [0.25, 0.3) is 0 Å². The van der Waals surface area contributed by atoms with Gasteiger partial charge in [0.1, 0.15) is 11.5 Å². The van der Waals surface area contributed by atoms with Crippen molar-refractivity contribution in [3.8, 4) is 11.5 Å². The SMILES string of the molecule is CO[Si](C)(C)Oc1ccc(O[Si](C)(C)OC)cc1. The van der Waals surface area contributed by atoms with Crippen LogP contribution in [0.3, 0.4) is 0 Å². The molecule has 1 aromatic carbocycles. The van der Waals surface area contributed by atoms with Crippen LogP contribution in [-0.4, -0.2) is 31.3 Å². The Hall–Kier alpha value is -0.826. The number of hydrogen-bond acceptors (Lipinski definition) is 4.